The van der Waals surface area contributed by atoms with Gasteiger partial charge in [0.1, 0.15) is 0 Å². The molecular weight excluding hydrogens is 212 g/mol. The average Bonchev–Trinajstić information content (AvgIpc) is 2.26. The molecule has 3 nitrogen and oxygen atoms in total. The molecule has 17 heavy (non-hydrogen) atoms. The lowest BCUT2D eigenvalue weighted by atomic mass is 9.85. The van der Waals surface area contributed by atoms with Crippen LogP contribution >= 0.6 is 0 Å². The molecular formula is C14H22N2O. The van der Waals surface area contributed by atoms with Crippen LogP contribution in [0.15, 0.2) is 30.3 Å². The third-order valence-electron chi connectivity index (χ3n) is 2.85. The van der Waals surface area contributed by atoms with Gasteiger partial charge in [0.05, 0.1) is 0 Å². The van der Waals surface area contributed by atoms with Gasteiger partial charge in [-0.05, 0) is 11.0 Å². The van der Waals surface area contributed by atoms with Crippen LogP contribution in [-0.2, 0) is 11.3 Å². The molecule has 1 atom stereocenters. The summed E-state index contributed by atoms with van der Waals surface area (Å²) in [6.07, 6.45) is 0.371. The minimum absolute atomic E-state index is 0.0104. The molecule has 1 amide bonds. The van der Waals surface area contributed by atoms with E-state index in [2.05, 4.69) is 5.32 Å². The predicted molar refractivity (Wildman–Crippen MR) is 70.3 cm³/mol. The van der Waals surface area contributed by atoms with Gasteiger partial charge in [-0.3, -0.25) is 4.79 Å². The van der Waals surface area contributed by atoms with Crippen molar-refractivity contribution in [2.75, 3.05) is 0 Å². The normalized spacial score (nSPS) is 13.2. The summed E-state index contributed by atoms with van der Waals surface area (Å²) in [4.78, 5) is 11.7. The maximum atomic E-state index is 11.7. The van der Waals surface area contributed by atoms with Crippen LogP contribution in [0.3, 0.4) is 0 Å². The molecule has 1 aromatic rings. The van der Waals surface area contributed by atoms with Crippen molar-refractivity contribution in [3.8, 4) is 0 Å². The van der Waals surface area contributed by atoms with Crippen molar-refractivity contribution in [2.24, 2.45) is 11.1 Å². The van der Waals surface area contributed by atoms with E-state index in [9.17, 15) is 4.79 Å². The number of benzene rings is 1. The summed E-state index contributed by atoms with van der Waals surface area (Å²) in [5, 5.41) is 2.88. The lowest BCUT2D eigenvalue weighted by molar-refractivity contribution is -0.122. The van der Waals surface area contributed by atoms with Crippen molar-refractivity contribution < 1.29 is 4.79 Å². The fourth-order valence-corrected chi connectivity index (χ4v) is 1.37. The molecule has 3 heteroatoms. The molecule has 0 saturated carbocycles. The number of nitrogens with one attached hydrogen (secondary N) is 1. The second-order valence-electron chi connectivity index (χ2n) is 5.44. The Morgan fingerprint density at radius 3 is 2.41 bits per heavy atom. The smallest absolute Gasteiger partial charge is 0.221 e. The second kappa shape index (κ2) is 5.82. The van der Waals surface area contributed by atoms with E-state index >= 15 is 0 Å². The van der Waals surface area contributed by atoms with Gasteiger partial charge in [0.2, 0.25) is 5.91 Å². The minimum atomic E-state index is -0.113. The monoisotopic (exact) mass is 234 g/mol. The van der Waals surface area contributed by atoms with Crippen molar-refractivity contribution in [1.82, 2.24) is 5.32 Å². The Balaban J connectivity index is 2.36. The Morgan fingerprint density at radius 2 is 1.88 bits per heavy atom. The first-order valence-corrected chi connectivity index (χ1v) is 5.96. The minimum Gasteiger partial charge on any atom is -0.352 e. The van der Waals surface area contributed by atoms with Gasteiger partial charge < -0.3 is 11.1 Å². The van der Waals surface area contributed by atoms with E-state index in [4.69, 9.17) is 5.73 Å². The van der Waals surface area contributed by atoms with Crippen LogP contribution in [-0.4, -0.2) is 11.9 Å². The Hall–Kier alpha value is -1.35. The molecule has 0 spiro atoms. The summed E-state index contributed by atoms with van der Waals surface area (Å²) >= 11 is 0. The van der Waals surface area contributed by atoms with E-state index < -0.39 is 0 Å². The maximum Gasteiger partial charge on any atom is 0.221 e. The molecule has 1 rings (SSSR count). The number of carbonyl (C=O) groups excluding carboxylic acids is 1. The first-order chi connectivity index (χ1) is 7.89. The molecule has 0 saturated heterocycles. The van der Waals surface area contributed by atoms with Gasteiger partial charge in [-0.1, -0.05) is 51.1 Å². The molecule has 1 aromatic carbocycles. The van der Waals surface area contributed by atoms with Crippen molar-refractivity contribution in [3.63, 3.8) is 0 Å². The molecule has 3 N–H and O–H groups in total. The van der Waals surface area contributed by atoms with Crippen LogP contribution in [0.2, 0.25) is 0 Å². The summed E-state index contributed by atoms with van der Waals surface area (Å²) in [6, 6.07) is 9.75. The second-order valence-corrected chi connectivity index (χ2v) is 5.44. The van der Waals surface area contributed by atoms with Crippen LogP contribution in [0.5, 0.6) is 0 Å². The number of nitrogens with two attached hydrogens (primary N) is 1. The number of amides is 1. The molecule has 0 bridgehead atoms. The zero-order valence-electron chi connectivity index (χ0n) is 10.9. The van der Waals surface area contributed by atoms with E-state index in [-0.39, 0.29) is 17.4 Å². The highest BCUT2D eigenvalue weighted by atomic mass is 16.1. The fraction of sp³-hybridized carbons (Fsp3) is 0.500. The van der Waals surface area contributed by atoms with Gasteiger partial charge in [0, 0.05) is 19.0 Å². The van der Waals surface area contributed by atoms with E-state index in [0.717, 1.165) is 5.56 Å². The molecule has 1 unspecified atom stereocenters. The maximum absolute atomic E-state index is 11.7. The fourth-order valence-electron chi connectivity index (χ4n) is 1.37. The van der Waals surface area contributed by atoms with Gasteiger partial charge in [-0.15, -0.1) is 0 Å². The van der Waals surface area contributed by atoms with Crippen LogP contribution in [0, 0.1) is 5.41 Å². The third-order valence-corrected chi connectivity index (χ3v) is 2.85. The molecule has 0 heterocycles. The number of rotatable bonds is 4. The summed E-state index contributed by atoms with van der Waals surface area (Å²) in [5.41, 5.74) is 7.02. The molecule has 0 radical (unpaired) electrons. The largest absolute Gasteiger partial charge is 0.352 e. The van der Waals surface area contributed by atoms with Gasteiger partial charge in [-0.25, -0.2) is 0 Å². The molecule has 0 aromatic heterocycles. The standard InChI is InChI=1S/C14H22N2O/c1-14(2,3)12(15)9-13(17)16-10-11-7-5-4-6-8-11/h4-8,12H,9-10,15H2,1-3H3,(H,16,17). The number of hydrogen-bond donors (Lipinski definition) is 2. The lowest BCUT2D eigenvalue weighted by Crippen LogP contribution is -2.40. The van der Waals surface area contributed by atoms with Crippen LogP contribution in [0.1, 0.15) is 32.8 Å². The van der Waals surface area contributed by atoms with E-state index in [1.807, 2.05) is 51.1 Å². The zero-order valence-corrected chi connectivity index (χ0v) is 10.9. The Morgan fingerprint density at radius 1 is 1.29 bits per heavy atom. The van der Waals surface area contributed by atoms with Gasteiger partial charge in [-0.2, -0.15) is 0 Å². The number of hydrogen-bond acceptors (Lipinski definition) is 2. The van der Waals surface area contributed by atoms with E-state index in [1.54, 1.807) is 0 Å². The van der Waals surface area contributed by atoms with Crippen LogP contribution in [0.25, 0.3) is 0 Å². The van der Waals surface area contributed by atoms with Crippen LogP contribution < -0.4 is 11.1 Å². The van der Waals surface area contributed by atoms with Crippen molar-refractivity contribution >= 4 is 5.91 Å². The van der Waals surface area contributed by atoms with Gasteiger partial charge >= 0.3 is 0 Å². The molecule has 0 aliphatic carbocycles. The van der Waals surface area contributed by atoms with Gasteiger partial charge in [0.15, 0.2) is 0 Å². The van der Waals surface area contributed by atoms with E-state index in [0.29, 0.717) is 13.0 Å². The predicted octanol–water partition coefficient (Wildman–Crippen LogP) is 2.07. The quantitative estimate of drug-likeness (QED) is 0.838. The topological polar surface area (TPSA) is 55.1 Å². The Labute approximate surface area is 103 Å². The highest BCUT2D eigenvalue weighted by Crippen LogP contribution is 2.19. The highest BCUT2D eigenvalue weighted by Gasteiger charge is 2.22. The first kappa shape index (κ1) is 13.7. The summed E-state index contributed by atoms with van der Waals surface area (Å²) in [5.74, 6) is 0.0104. The van der Waals surface area contributed by atoms with Crippen molar-refractivity contribution in [3.05, 3.63) is 35.9 Å². The van der Waals surface area contributed by atoms with Crippen molar-refractivity contribution in [1.29, 1.82) is 0 Å². The lowest BCUT2D eigenvalue weighted by Gasteiger charge is -2.26. The van der Waals surface area contributed by atoms with E-state index in [1.165, 1.54) is 0 Å². The zero-order chi connectivity index (χ0) is 12.9. The highest BCUT2D eigenvalue weighted by molar-refractivity contribution is 5.76. The van der Waals surface area contributed by atoms with Gasteiger partial charge in [0.25, 0.3) is 0 Å². The first-order valence-electron chi connectivity index (χ1n) is 5.96. The summed E-state index contributed by atoms with van der Waals surface area (Å²) in [6.45, 7) is 6.70. The Bertz CT molecular complexity index is 354. The SMILES string of the molecule is CC(C)(C)C(N)CC(=O)NCc1ccccc1. The summed E-state index contributed by atoms with van der Waals surface area (Å²) in [7, 11) is 0. The summed E-state index contributed by atoms with van der Waals surface area (Å²) < 4.78 is 0. The average molecular weight is 234 g/mol. The third kappa shape index (κ3) is 5.00. The molecule has 0 aliphatic rings. The van der Waals surface area contributed by atoms with Crippen LogP contribution in [0.4, 0.5) is 0 Å². The molecule has 94 valence electrons. The van der Waals surface area contributed by atoms with Crippen molar-refractivity contribution in [2.45, 2.75) is 39.8 Å². The number of carbonyl (C=O) groups is 1. The molecule has 0 aliphatic heterocycles. The Kier molecular flexibility index (Phi) is 4.70. The molecule has 0 fully saturated rings.